The fourth-order valence-electron chi connectivity index (χ4n) is 4.13. The van der Waals surface area contributed by atoms with E-state index < -0.39 is 11.6 Å². The third-order valence-corrected chi connectivity index (χ3v) is 6.99. The Morgan fingerprint density at radius 3 is 2.33 bits per heavy atom. The Bertz CT molecular complexity index is 1320. The van der Waals surface area contributed by atoms with Crippen LogP contribution >= 0.6 is 0 Å². The first-order valence-electron chi connectivity index (χ1n) is 13.5. The highest BCUT2D eigenvalue weighted by Crippen LogP contribution is 2.29. The molecular weight excluding hydrogens is 490 g/mol. The molecule has 1 heterocycles. The SMILES string of the molecule is C=CCn1nc(-c2ccc(C(C)(C)CC)cc2)cc1C(=O)NCc1ccc(OC(C)(C)C(=O)OCC)c(C)c1. The van der Waals surface area contributed by atoms with E-state index in [2.05, 4.69) is 62.0 Å². The maximum Gasteiger partial charge on any atom is 0.349 e. The van der Waals surface area contributed by atoms with Gasteiger partial charge in [-0.3, -0.25) is 9.48 Å². The number of aryl methyl sites for hydroxylation is 1. The van der Waals surface area contributed by atoms with E-state index in [1.165, 1.54) is 5.56 Å². The molecule has 0 spiro atoms. The van der Waals surface area contributed by atoms with Gasteiger partial charge in [-0.25, -0.2) is 4.79 Å². The van der Waals surface area contributed by atoms with E-state index in [1.807, 2.05) is 25.1 Å². The number of carbonyl (C=O) groups excluding carboxylic acids is 2. The first-order valence-corrected chi connectivity index (χ1v) is 13.5. The zero-order valence-corrected chi connectivity index (χ0v) is 24.3. The van der Waals surface area contributed by atoms with Crippen LogP contribution < -0.4 is 10.1 Å². The normalized spacial score (nSPS) is 11.7. The number of ether oxygens (including phenoxy) is 2. The minimum atomic E-state index is -1.11. The van der Waals surface area contributed by atoms with Crippen LogP contribution in [0.4, 0.5) is 0 Å². The van der Waals surface area contributed by atoms with Crippen molar-refractivity contribution < 1.29 is 19.1 Å². The fraction of sp³-hybridized carbons (Fsp3) is 0.406. The second-order valence-electron chi connectivity index (χ2n) is 10.8. The Kier molecular flexibility index (Phi) is 9.38. The summed E-state index contributed by atoms with van der Waals surface area (Å²) in [4.78, 5) is 25.4. The van der Waals surface area contributed by atoms with Crippen molar-refractivity contribution in [1.29, 1.82) is 0 Å². The van der Waals surface area contributed by atoms with Crippen molar-refractivity contribution in [2.75, 3.05) is 6.61 Å². The van der Waals surface area contributed by atoms with Gasteiger partial charge in [-0.05, 0) is 68.4 Å². The van der Waals surface area contributed by atoms with Crippen LogP contribution in [-0.4, -0.2) is 33.9 Å². The van der Waals surface area contributed by atoms with Gasteiger partial charge in [0.2, 0.25) is 0 Å². The maximum atomic E-state index is 13.2. The van der Waals surface area contributed by atoms with Crippen LogP contribution in [0.5, 0.6) is 5.75 Å². The lowest BCUT2D eigenvalue weighted by atomic mass is 9.82. The molecule has 7 heteroatoms. The van der Waals surface area contributed by atoms with Crippen LogP contribution in [0, 0.1) is 6.92 Å². The molecule has 1 amide bonds. The van der Waals surface area contributed by atoms with Crippen molar-refractivity contribution >= 4 is 11.9 Å². The topological polar surface area (TPSA) is 82.5 Å². The van der Waals surface area contributed by atoms with E-state index in [0.29, 0.717) is 31.1 Å². The summed E-state index contributed by atoms with van der Waals surface area (Å²) in [5.41, 5.74) is 4.20. The van der Waals surface area contributed by atoms with Gasteiger partial charge in [0.1, 0.15) is 11.4 Å². The molecule has 39 heavy (non-hydrogen) atoms. The Morgan fingerprint density at radius 2 is 1.74 bits per heavy atom. The highest BCUT2D eigenvalue weighted by atomic mass is 16.6. The molecule has 3 rings (SSSR count). The predicted octanol–water partition coefficient (Wildman–Crippen LogP) is 6.38. The van der Waals surface area contributed by atoms with Gasteiger partial charge in [-0.2, -0.15) is 5.10 Å². The first-order chi connectivity index (χ1) is 18.4. The Hall–Kier alpha value is -3.87. The summed E-state index contributed by atoms with van der Waals surface area (Å²) in [6, 6.07) is 15.8. The Morgan fingerprint density at radius 1 is 1.05 bits per heavy atom. The number of benzene rings is 2. The van der Waals surface area contributed by atoms with Gasteiger partial charge in [-0.15, -0.1) is 6.58 Å². The third-order valence-electron chi connectivity index (χ3n) is 6.99. The molecule has 0 bridgehead atoms. The predicted molar refractivity (Wildman–Crippen MR) is 155 cm³/mol. The van der Waals surface area contributed by atoms with Crippen LogP contribution in [0.25, 0.3) is 11.3 Å². The Balaban J connectivity index is 1.73. The van der Waals surface area contributed by atoms with Crippen LogP contribution in [0.3, 0.4) is 0 Å². The van der Waals surface area contributed by atoms with Crippen molar-refractivity contribution in [3.63, 3.8) is 0 Å². The average Bonchev–Trinajstić information content (AvgIpc) is 3.33. The van der Waals surface area contributed by atoms with Crippen molar-refractivity contribution in [3.05, 3.63) is 83.6 Å². The van der Waals surface area contributed by atoms with Gasteiger partial charge in [0.15, 0.2) is 5.60 Å². The van der Waals surface area contributed by atoms with Gasteiger partial charge < -0.3 is 14.8 Å². The smallest absolute Gasteiger partial charge is 0.349 e. The van der Waals surface area contributed by atoms with Crippen LogP contribution in [-0.2, 0) is 28.0 Å². The summed E-state index contributed by atoms with van der Waals surface area (Å²) in [7, 11) is 0. The zero-order valence-electron chi connectivity index (χ0n) is 24.3. The molecule has 2 aromatic carbocycles. The molecular formula is C32H41N3O4. The maximum absolute atomic E-state index is 13.2. The second-order valence-corrected chi connectivity index (χ2v) is 10.8. The number of nitrogens with zero attached hydrogens (tertiary/aromatic N) is 2. The molecule has 0 atom stereocenters. The number of amides is 1. The minimum absolute atomic E-state index is 0.103. The number of hydrogen-bond donors (Lipinski definition) is 1. The van der Waals surface area contributed by atoms with Crippen molar-refractivity contribution in [2.24, 2.45) is 0 Å². The molecule has 0 fully saturated rings. The summed E-state index contributed by atoms with van der Waals surface area (Å²) in [5.74, 6) is -0.0529. The van der Waals surface area contributed by atoms with E-state index >= 15 is 0 Å². The molecule has 0 unspecified atom stereocenters. The monoisotopic (exact) mass is 531 g/mol. The minimum Gasteiger partial charge on any atom is -0.476 e. The molecule has 1 N–H and O–H groups in total. The number of allylic oxidation sites excluding steroid dienone is 1. The lowest BCUT2D eigenvalue weighted by Crippen LogP contribution is -2.39. The first kappa shape index (κ1) is 29.7. The quantitative estimate of drug-likeness (QED) is 0.217. The van der Waals surface area contributed by atoms with Gasteiger partial charge in [-0.1, -0.05) is 63.2 Å². The largest absolute Gasteiger partial charge is 0.476 e. The van der Waals surface area contributed by atoms with E-state index in [4.69, 9.17) is 9.47 Å². The number of carbonyl (C=O) groups is 2. The number of hydrogen-bond acceptors (Lipinski definition) is 5. The lowest BCUT2D eigenvalue weighted by Gasteiger charge is -2.25. The van der Waals surface area contributed by atoms with Crippen molar-refractivity contribution in [3.8, 4) is 17.0 Å². The molecule has 3 aromatic rings. The summed E-state index contributed by atoms with van der Waals surface area (Å²) < 4.78 is 12.7. The number of aromatic nitrogens is 2. The summed E-state index contributed by atoms with van der Waals surface area (Å²) in [6.45, 7) is 18.5. The highest BCUT2D eigenvalue weighted by Gasteiger charge is 2.32. The van der Waals surface area contributed by atoms with Gasteiger partial charge in [0.05, 0.1) is 18.8 Å². The summed E-state index contributed by atoms with van der Waals surface area (Å²) >= 11 is 0. The molecule has 0 radical (unpaired) electrons. The Labute approximate surface area is 232 Å². The van der Waals surface area contributed by atoms with Gasteiger partial charge in [0.25, 0.3) is 5.91 Å². The van der Waals surface area contributed by atoms with Crippen LogP contribution in [0.2, 0.25) is 0 Å². The molecule has 0 saturated heterocycles. The molecule has 1 aromatic heterocycles. The van der Waals surface area contributed by atoms with Gasteiger partial charge >= 0.3 is 5.97 Å². The van der Waals surface area contributed by atoms with Crippen molar-refractivity contribution in [2.45, 2.75) is 79.0 Å². The third kappa shape index (κ3) is 7.16. The van der Waals surface area contributed by atoms with Crippen LogP contribution in [0.15, 0.2) is 61.2 Å². The standard InChI is InChI=1S/C32H41N3O4/c1-9-18-35-27(20-26(34-35)24-13-15-25(16-14-24)31(5,6)10-2)29(36)33-21-23-12-17-28(22(4)19-23)39-32(7,8)30(37)38-11-3/h9,12-17,19-20H,1,10-11,18,21H2,2-8H3,(H,33,36). The van der Waals surface area contributed by atoms with E-state index in [-0.39, 0.29) is 11.3 Å². The van der Waals surface area contributed by atoms with Crippen molar-refractivity contribution in [1.82, 2.24) is 15.1 Å². The zero-order chi connectivity index (χ0) is 28.8. The number of esters is 1. The molecule has 0 aliphatic carbocycles. The molecule has 208 valence electrons. The molecule has 0 aliphatic rings. The number of nitrogens with one attached hydrogen (secondary N) is 1. The molecule has 0 aliphatic heterocycles. The fourth-order valence-corrected chi connectivity index (χ4v) is 4.13. The average molecular weight is 532 g/mol. The summed E-state index contributed by atoms with van der Waals surface area (Å²) in [5, 5.41) is 7.67. The highest BCUT2D eigenvalue weighted by molar-refractivity contribution is 5.93. The molecule has 0 saturated carbocycles. The van der Waals surface area contributed by atoms with Gasteiger partial charge in [0, 0.05) is 12.1 Å². The van der Waals surface area contributed by atoms with Crippen LogP contribution in [0.1, 0.15) is 75.1 Å². The second kappa shape index (κ2) is 12.3. The molecule has 7 nitrogen and oxygen atoms in total. The van der Waals surface area contributed by atoms with E-state index in [1.54, 1.807) is 37.6 Å². The summed E-state index contributed by atoms with van der Waals surface area (Å²) in [6.07, 6.45) is 2.77. The van der Waals surface area contributed by atoms with E-state index in [0.717, 1.165) is 28.8 Å². The lowest BCUT2D eigenvalue weighted by molar-refractivity contribution is -0.158. The number of rotatable bonds is 12. The van der Waals surface area contributed by atoms with E-state index in [9.17, 15) is 9.59 Å².